The van der Waals surface area contributed by atoms with Gasteiger partial charge >= 0.3 is 0 Å². The van der Waals surface area contributed by atoms with Crippen LogP contribution < -0.4 is 4.74 Å². The Hall–Kier alpha value is -2.28. The van der Waals surface area contributed by atoms with Crippen molar-refractivity contribution < 1.29 is 4.74 Å². The van der Waals surface area contributed by atoms with Gasteiger partial charge < -0.3 is 4.74 Å². The van der Waals surface area contributed by atoms with Crippen molar-refractivity contribution in [3.63, 3.8) is 0 Å². The molecule has 88 valence electrons. The zero-order chi connectivity index (χ0) is 12.5. The number of benzene rings is 2. The smallest absolute Gasteiger partial charge is 0.131 e. The normalized spacial score (nSPS) is 12.0. The summed E-state index contributed by atoms with van der Waals surface area (Å²) in [6, 6.07) is 12.2. The van der Waals surface area contributed by atoms with Crippen molar-refractivity contribution >= 4 is 12.2 Å². The summed E-state index contributed by atoms with van der Waals surface area (Å²) in [5.74, 6) is 1.88. The van der Waals surface area contributed by atoms with E-state index in [0.29, 0.717) is 0 Å². The Labute approximate surface area is 107 Å². The molecule has 1 nitrogen and oxygen atoms in total. The second-order valence-electron chi connectivity index (χ2n) is 4.34. The number of hydrogen-bond acceptors (Lipinski definition) is 1. The molecule has 0 spiro atoms. The highest BCUT2D eigenvalue weighted by molar-refractivity contribution is 5.71. The Balaban J connectivity index is 2.18. The quantitative estimate of drug-likeness (QED) is 0.626. The SMILES string of the molecule is C=Cc1ccc2c(c1C=C)Cc1ccccc1O2. The van der Waals surface area contributed by atoms with E-state index in [9.17, 15) is 0 Å². The summed E-state index contributed by atoms with van der Waals surface area (Å²) in [5.41, 5.74) is 4.64. The van der Waals surface area contributed by atoms with Crippen molar-refractivity contribution in [1.29, 1.82) is 0 Å². The van der Waals surface area contributed by atoms with E-state index in [-0.39, 0.29) is 0 Å². The summed E-state index contributed by atoms with van der Waals surface area (Å²) < 4.78 is 5.94. The Kier molecular flexibility index (Phi) is 2.52. The fraction of sp³-hybridized carbons (Fsp3) is 0.0588. The van der Waals surface area contributed by atoms with Crippen LogP contribution in [0.5, 0.6) is 11.5 Å². The molecular formula is C17H14O. The van der Waals surface area contributed by atoms with Crippen molar-refractivity contribution in [2.24, 2.45) is 0 Å². The maximum Gasteiger partial charge on any atom is 0.131 e. The van der Waals surface area contributed by atoms with Crippen LogP contribution >= 0.6 is 0 Å². The number of para-hydroxylation sites is 1. The molecule has 18 heavy (non-hydrogen) atoms. The highest BCUT2D eigenvalue weighted by atomic mass is 16.5. The average molecular weight is 234 g/mol. The van der Waals surface area contributed by atoms with Gasteiger partial charge in [-0.2, -0.15) is 0 Å². The van der Waals surface area contributed by atoms with Crippen LogP contribution in [0.1, 0.15) is 22.3 Å². The van der Waals surface area contributed by atoms with Gasteiger partial charge in [-0.25, -0.2) is 0 Å². The molecule has 2 aromatic carbocycles. The molecule has 0 radical (unpaired) electrons. The van der Waals surface area contributed by atoms with Crippen molar-refractivity contribution in [3.05, 3.63) is 71.8 Å². The van der Waals surface area contributed by atoms with Crippen LogP contribution in [0.2, 0.25) is 0 Å². The second-order valence-corrected chi connectivity index (χ2v) is 4.34. The first-order valence-electron chi connectivity index (χ1n) is 6.00. The van der Waals surface area contributed by atoms with E-state index in [1.165, 1.54) is 11.1 Å². The molecule has 1 aliphatic rings. The maximum absolute atomic E-state index is 5.94. The zero-order valence-corrected chi connectivity index (χ0v) is 10.1. The van der Waals surface area contributed by atoms with Gasteiger partial charge in [-0.3, -0.25) is 0 Å². The average Bonchev–Trinajstić information content (AvgIpc) is 2.43. The number of fused-ring (bicyclic) bond motifs is 2. The lowest BCUT2D eigenvalue weighted by Gasteiger charge is -2.22. The molecule has 0 amide bonds. The third-order valence-corrected chi connectivity index (χ3v) is 3.33. The molecule has 0 saturated heterocycles. The predicted molar refractivity (Wildman–Crippen MR) is 75.9 cm³/mol. The van der Waals surface area contributed by atoms with Gasteiger partial charge in [0.05, 0.1) is 0 Å². The first-order valence-corrected chi connectivity index (χ1v) is 6.00. The van der Waals surface area contributed by atoms with E-state index in [0.717, 1.165) is 29.0 Å². The highest BCUT2D eigenvalue weighted by Crippen LogP contribution is 2.39. The molecule has 2 aromatic rings. The lowest BCUT2D eigenvalue weighted by molar-refractivity contribution is 0.460. The van der Waals surface area contributed by atoms with E-state index in [1.54, 1.807) is 0 Å². The molecule has 1 heterocycles. The molecular weight excluding hydrogens is 220 g/mol. The van der Waals surface area contributed by atoms with Crippen LogP contribution in [0, 0.1) is 0 Å². The largest absolute Gasteiger partial charge is 0.457 e. The Morgan fingerprint density at radius 1 is 0.944 bits per heavy atom. The van der Waals surface area contributed by atoms with Crippen LogP contribution in [-0.2, 0) is 6.42 Å². The second kappa shape index (κ2) is 4.19. The summed E-state index contributed by atoms with van der Waals surface area (Å²) in [5, 5.41) is 0. The molecule has 0 saturated carbocycles. The number of hydrogen-bond donors (Lipinski definition) is 0. The molecule has 0 fully saturated rings. The molecule has 3 rings (SSSR count). The molecule has 0 atom stereocenters. The first kappa shape index (κ1) is 10.8. The van der Waals surface area contributed by atoms with E-state index in [1.807, 2.05) is 42.5 Å². The first-order chi connectivity index (χ1) is 8.83. The minimum absolute atomic E-state index is 0.883. The fourth-order valence-corrected chi connectivity index (χ4v) is 2.42. The van der Waals surface area contributed by atoms with Gasteiger partial charge in [-0.1, -0.05) is 49.6 Å². The minimum Gasteiger partial charge on any atom is -0.457 e. The molecule has 1 aliphatic heterocycles. The summed E-state index contributed by atoms with van der Waals surface area (Å²) in [4.78, 5) is 0. The third kappa shape index (κ3) is 1.56. The van der Waals surface area contributed by atoms with Crippen LogP contribution in [0.4, 0.5) is 0 Å². The van der Waals surface area contributed by atoms with E-state index >= 15 is 0 Å². The molecule has 0 aliphatic carbocycles. The summed E-state index contributed by atoms with van der Waals surface area (Å²) >= 11 is 0. The van der Waals surface area contributed by atoms with Gasteiger partial charge in [-0.05, 0) is 28.8 Å². The number of rotatable bonds is 2. The van der Waals surface area contributed by atoms with Crippen molar-refractivity contribution in [3.8, 4) is 11.5 Å². The fourth-order valence-electron chi connectivity index (χ4n) is 2.42. The summed E-state index contributed by atoms with van der Waals surface area (Å²) in [6.45, 7) is 7.74. The van der Waals surface area contributed by atoms with E-state index in [4.69, 9.17) is 4.74 Å². The zero-order valence-electron chi connectivity index (χ0n) is 10.1. The molecule has 0 N–H and O–H groups in total. The van der Waals surface area contributed by atoms with Gasteiger partial charge in [-0.15, -0.1) is 0 Å². The number of ether oxygens (including phenoxy) is 1. The molecule has 0 bridgehead atoms. The molecule has 0 unspecified atom stereocenters. The highest BCUT2D eigenvalue weighted by Gasteiger charge is 2.19. The van der Waals surface area contributed by atoms with E-state index < -0.39 is 0 Å². The van der Waals surface area contributed by atoms with Crippen molar-refractivity contribution in [1.82, 2.24) is 0 Å². The Bertz CT molecular complexity index is 638. The van der Waals surface area contributed by atoms with Gasteiger partial charge in [0, 0.05) is 12.0 Å². The Morgan fingerprint density at radius 3 is 2.56 bits per heavy atom. The lowest BCUT2D eigenvalue weighted by Crippen LogP contribution is -2.05. The predicted octanol–water partition coefficient (Wildman–Crippen LogP) is 4.67. The van der Waals surface area contributed by atoms with Gasteiger partial charge in [0.1, 0.15) is 11.5 Å². The molecule has 1 heteroatoms. The van der Waals surface area contributed by atoms with Crippen molar-refractivity contribution in [2.45, 2.75) is 6.42 Å². The summed E-state index contributed by atoms with van der Waals surface area (Å²) in [7, 11) is 0. The monoisotopic (exact) mass is 234 g/mol. The van der Waals surface area contributed by atoms with Crippen LogP contribution in [0.15, 0.2) is 49.6 Å². The van der Waals surface area contributed by atoms with Crippen LogP contribution in [0.3, 0.4) is 0 Å². The third-order valence-electron chi connectivity index (χ3n) is 3.33. The van der Waals surface area contributed by atoms with Crippen LogP contribution in [-0.4, -0.2) is 0 Å². The van der Waals surface area contributed by atoms with Gasteiger partial charge in [0.15, 0.2) is 0 Å². The topological polar surface area (TPSA) is 9.23 Å². The maximum atomic E-state index is 5.94. The summed E-state index contributed by atoms with van der Waals surface area (Å²) in [6.07, 6.45) is 4.62. The minimum atomic E-state index is 0.883. The Morgan fingerprint density at radius 2 is 1.78 bits per heavy atom. The van der Waals surface area contributed by atoms with Crippen LogP contribution in [0.25, 0.3) is 12.2 Å². The lowest BCUT2D eigenvalue weighted by atomic mass is 9.92. The van der Waals surface area contributed by atoms with E-state index in [2.05, 4.69) is 19.2 Å². The van der Waals surface area contributed by atoms with Gasteiger partial charge in [0.25, 0.3) is 0 Å². The standard InChI is InChI=1S/C17H14O/c1-3-12-9-10-17-15(14(12)4-2)11-13-7-5-6-8-16(13)18-17/h3-10H,1-2,11H2. The molecule has 0 aromatic heterocycles. The van der Waals surface area contributed by atoms with Crippen molar-refractivity contribution in [2.75, 3.05) is 0 Å². The van der Waals surface area contributed by atoms with Gasteiger partial charge in [0.2, 0.25) is 0 Å².